The van der Waals surface area contributed by atoms with Gasteiger partial charge in [0.2, 0.25) is 5.91 Å². The molecule has 0 spiro atoms. The molecule has 0 radical (unpaired) electrons. The molecule has 1 aromatic heterocycles. The molecule has 0 fully saturated rings. The molecule has 156 valence electrons. The zero-order chi connectivity index (χ0) is 21.1. The lowest BCUT2D eigenvalue weighted by Crippen LogP contribution is -2.37. The van der Waals surface area contributed by atoms with Crippen LogP contribution < -0.4 is 4.74 Å². The Labute approximate surface area is 176 Å². The van der Waals surface area contributed by atoms with Gasteiger partial charge in [0, 0.05) is 49.5 Å². The number of benzene rings is 1. The summed E-state index contributed by atoms with van der Waals surface area (Å²) in [5, 5.41) is 0. The summed E-state index contributed by atoms with van der Waals surface area (Å²) in [6.07, 6.45) is 6.77. The molecule has 2 aliphatic heterocycles. The number of aromatic nitrogens is 2. The van der Waals surface area contributed by atoms with E-state index in [1.165, 1.54) is 5.56 Å². The summed E-state index contributed by atoms with van der Waals surface area (Å²) in [6.45, 7) is 3.80. The SMILES string of the molecule is CCC(=O)CCCCN1Cc2cc3c(cc2CC1=O)CN=C3c1cnc(OC)nc1. The highest BCUT2D eigenvalue weighted by Crippen LogP contribution is 2.30. The van der Waals surface area contributed by atoms with Gasteiger partial charge in [-0.1, -0.05) is 13.0 Å². The molecular formula is C23H26N4O3. The van der Waals surface area contributed by atoms with Gasteiger partial charge in [-0.2, -0.15) is 0 Å². The summed E-state index contributed by atoms with van der Waals surface area (Å²) in [5.74, 6) is 0.446. The molecule has 1 amide bonds. The van der Waals surface area contributed by atoms with E-state index in [0.29, 0.717) is 44.9 Å². The minimum absolute atomic E-state index is 0.159. The number of carbonyl (C=O) groups excluding carboxylic acids is 2. The van der Waals surface area contributed by atoms with Crippen LogP contribution in [0, 0.1) is 0 Å². The fraction of sp³-hybridized carbons (Fsp3) is 0.435. The summed E-state index contributed by atoms with van der Waals surface area (Å²) < 4.78 is 5.04. The maximum atomic E-state index is 12.6. The highest BCUT2D eigenvalue weighted by Gasteiger charge is 2.27. The van der Waals surface area contributed by atoms with Crippen molar-refractivity contribution in [3.63, 3.8) is 0 Å². The van der Waals surface area contributed by atoms with Crippen LogP contribution in [0.25, 0.3) is 0 Å². The number of fused-ring (bicyclic) bond motifs is 2. The lowest BCUT2D eigenvalue weighted by Gasteiger charge is -2.29. The van der Waals surface area contributed by atoms with Crippen molar-refractivity contribution in [3.05, 3.63) is 52.3 Å². The fourth-order valence-corrected chi connectivity index (χ4v) is 4.02. The highest BCUT2D eigenvalue weighted by atomic mass is 16.5. The second-order valence-corrected chi connectivity index (χ2v) is 7.74. The van der Waals surface area contributed by atoms with Gasteiger partial charge in [-0.25, -0.2) is 9.97 Å². The van der Waals surface area contributed by atoms with E-state index >= 15 is 0 Å². The number of ketones is 1. The molecule has 2 aliphatic rings. The molecule has 0 aliphatic carbocycles. The second-order valence-electron chi connectivity index (χ2n) is 7.74. The number of hydrogen-bond donors (Lipinski definition) is 0. The van der Waals surface area contributed by atoms with Crippen molar-refractivity contribution in [2.24, 2.45) is 4.99 Å². The van der Waals surface area contributed by atoms with E-state index in [1.807, 2.05) is 11.8 Å². The van der Waals surface area contributed by atoms with Gasteiger partial charge >= 0.3 is 6.01 Å². The van der Waals surface area contributed by atoms with Crippen LogP contribution in [0.15, 0.2) is 29.5 Å². The van der Waals surface area contributed by atoms with Crippen LogP contribution in [0.5, 0.6) is 6.01 Å². The van der Waals surface area contributed by atoms with Crippen LogP contribution in [0.1, 0.15) is 60.4 Å². The molecule has 0 saturated heterocycles. The molecular weight excluding hydrogens is 380 g/mol. The lowest BCUT2D eigenvalue weighted by atomic mass is 9.91. The van der Waals surface area contributed by atoms with E-state index in [0.717, 1.165) is 40.8 Å². The summed E-state index contributed by atoms with van der Waals surface area (Å²) >= 11 is 0. The molecule has 3 heterocycles. The summed E-state index contributed by atoms with van der Waals surface area (Å²) in [4.78, 5) is 39.1. The predicted octanol–water partition coefficient (Wildman–Crippen LogP) is 2.87. The van der Waals surface area contributed by atoms with Crippen molar-refractivity contribution in [2.75, 3.05) is 13.7 Å². The van der Waals surface area contributed by atoms with Gasteiger partial charge in [0.25, 0.3) is 0 Å². The molecule has 0 bridgehead atoms. The number of hydrogen-bond acceptors (Lipinski definition) is 6. The summed E-state index contributed by atoms with van der Waals surface area (Å²) in [7, 11) is 1.54. The number of amides is 1. The maximum Gasteiger partial charge on any atom is 0.316 e. The molecule has 0 unspecified atom stereocenters. The van der Waals surface area contributed by atoms with Gasteiger partial charge in [0.05, 0.1) is 25.8 Å². The first-order valence-electron chi connectivity index (χ1n) is 10.4. The Hall–Kier alpha value is -3.09. The molecule has 7 nitrogen and oxygen atoms in total. The third kappa shape index (κ3) is 4.10. The minimum atomic E-state index is 0.159. The van der Waals surface area contributed by atoms with E-state index in [1.54, 1.807) is 19.5 Å². The first-order valence-corrected chi connectivity index (χ1v) is 10.4. The number of methoxy groups -OCH3 is 1. The standard InChI is InChI=1S/C23H26N4O3/c1-3-19(28)6-4-5-7-27-14-17-9-20-16(8-15(17)10-21(27)29)11-24-22(20)18-12-25-23(30-2)26-13-18/h8-9,12-13H,3-7,10-11,14H2,1-2H3. The molecule has 0 atom stereocenters. The van der Waals surface area contributed by atoms with E-state index in [4.69, 9.17) is 4.74 Å². The number of nitrogens with zero attached hydrogens (tertiary/aromatic N) is 4. The first kappa shape index (κ1) is 20.2. The predicted molar refractivity (Wildman–Crippen MR) is 113 cm³/mol. The highest BCUT2D eigenvalue weighted by molar-refractivity contribution is 6.15. The van der Waals surface area contributed by atoms with Crippen LogP contribution in [0.2, 0.25) is 0 Å². The number of carbonyl (C=O) groups is 2. The number of aliphatic imine (C=N–C) groups is 1. The quantitative estimate of drug-likeness (QED) is 0.630. The Morgan fingerprint density at radius 2 is 1.93 bits per heavy atom. The van der Waals surface area contributed by atoms with Crippen LogP contribution >= 0.6 is 0 Å². The van der Waals surface area contributed by atoms with Crippen molar-refractivity contribution in [3.8, 4) is 6.01 Å². The van der Waals surface area contributed by atoms with E-state index < -0.39 is 0 Å². The molecule has 30 heavy (non-hydrogen) atoms. The van der Waals surface area contributed by atoms with Gasteiger partial charge < -0.3 is 9.64 Å². The zero-order valence-electron chi connectivity index (χ0n) is 17.5. The van der Waals surface area contributed by atoms with Crippen molar-refractivity contribution in [1.29, 1.82) is 0 Å². The summed E-state index contributed by atoms with van der Waals surface area (Å²) in [5.41, 5.74) is 6.24. The first-order chi connectivity index (χ1) is 14.6. The Kier molecular flexibility index (Phi) is 5.88. The number of ether oxygens (including phenoxy) is 1. The number of unbranched alkanes of at least 4 members (excludes halogenated alkanes) is 1. The largest absolute Gasteiger partial charge is 0.467 e. The van der Waals surface area contributed by atoms with Crippen LogP contribution in [0.3, 0.4) is 0 Å². The number of rotatable bonds is 8. The normalized spacial score (nSPS) is 14.9. The van der Waals surface area contributed by atoms with Gasteiger partial charge in [-0.3, -0.25) is 14.6 Å². The Bertz CT molecular complexity index is 998. The van der Waals surface area contributed by atoms with Crippen molar-refractivity contribution in [2.45, 2.75) is 52.1 Å². The molecule has 1 aromatic carbocycles. The van der Waals surface area contributed by atoms with Crippen LogP contribution in [-0.2, 0) is 29.1 Å². The van der Waals surface area contributed by atoms with Gasteiger partial charge in [-0.15, -0.1) is 0 Å². The van der Waals surface area contributed by atoms with Gasteiger partial charge in [0.15, 0.2) is 0 Å². The lowest BCUT2D eigenvalue weighted by molar-refractivity contribution is -0.132. The monoisotopic (exact) mass is 406 g/mol. The average molecular weight is 406 g/mol. The molecule has 0 N–H and O–H groups in total. The fourth-order valence-electron chi connectivity index (χ4n) is 4.02. The molecule has 7 heteroatoms. The smallest absolute Gasteiger partial charge is 0.316 e. The third-order valence-electron chi connectivity index (χ3n) is 5.76. The van der Waals surface area contributed by atoms with Crippen molar-refractivity contribution >= 4 is 17.4 Å². The van der Waals surface area contributed by atoms with Gasteiger partial charge in [0.1, 0.15) is 5.78 Å². The van der Waals surface area contributed by atoms with E-state index in [9.17, 15) is 9.59 Å². The Balaban J connectivity index is 1.48. The topological polar surface area (TPSA) is 84.8 Å². The van der Waals surface area contributed by atoms with E-state index in [-0.39, 0.29) is 11.7 Å². The van der Waals surface area contributed by atoms with Crippen LogP contribution in [0.4, 0.5) is 0 Å². The molecule has 4 rings (SSSR count). The van der Waals surface area contributed by atoms with E-state index in [2.05, 4.69) is 27.1 Å². The molecule has 0 saturated carbocycles. The average Bonchev–Trinajstić information content (AvgIpc) is 3.17. The Morgan fingerprint density at radius 3 is 2.67 bits per heavy atom. The zero-order valence-corrected chi connectivity index (χ0v) is 17.5. The van der Waals surface area contributed by atoms with Gasteiger partial charge in [-0.05, 0) is 35.6 Å². The maximum absolute atomic E-state index is 12.6. The minimum Gasteiger partial charge on any atom is -0.467 e. The summed E-state index contributed by atoms with van der Waals surface area (Å²) in [6, 6.07) is 4.62. The number of Topliss-reactive ketones (excluding diaryl/α,β-unsaturated/α-hetero) is 1. The third-order valence-corrected chi connectivity index (χ3v) is 5.76. The Morgan fingerprint density at radius 1 is 1.13 bits per heavy atom. The van der Waals surface area contributed by atoms with Crippen molar-refractivity contribution in [1.82, 2.24) is 14.9 Å². The molecule has 2 aromatic rings. The van der Waals surface area contributed by atoms with Crippen molar-refractivity contribution < 1.29 is 14.3 Å². The second kappa shape index (κ2) is 8.73. The van der Waals surface area contributed by atoms with Crippen LogP contribution in [-0.4, -0.2) is 45.9 Å².